The van der Waals surface area contributed by atoms with Crippen LogP contribution in [-0.2, 0) is 0 Å². The molecule has 1 N–H and O–H groups in total. The van der Waals surface area contributed by atoms with Gasteiger partial charge in [0.2, 0.25) is 0 Å². The molecule has 0 radical (unpaired) electrons. The SMILES string of the molecule is CC(C)[C@H](O)C#C[Si](C)(C)C(C)(C)C. The molecule has 0 aliphatic heterocycles. The van der Waals surface area contributed by atoms with Crippen LogP contribution >= 0.6 is 0 Å². The van der Waals surface area contributed by atoms with Crippen LogP contribution in [0, 0.1) is 17.4 Å². The molecule has 0 fully saturated rings. The lowest BCUT2D eigenvalue weighted by molar-refractivity contribution is 0.181. The number of hydrogen-bond donors (Lipinski definition) is 1. The van der Waals surface area contributed by atoms with Gasteiger partial charge in [-0.2, -0.15) is 0 Å². The summed E-state index contributed by atoms with van der Waals surface area (Å²) >= 11 is 0. The van der Waals surface area contributed by atoms with Gasteiger partial charge < -0.3 is 5.11 Å². The van der Waals surface area contributed by atoms with Gasteiger partial charge >= 0.3 is 0 Å². The van der Waals surface area contributed by atoms with E-state index in [1.165, 1.54) is 0 Å². The van der Waals surface area contributed by atoms with Crippen molar-refractivity contribution in [2.75, 3.05) is 0 Å². The molecule has 0 heterocycles. The van der Waals surface area contributed by atoms with E-state index >= 15 is 0 Å². The molecule has 82 valence electrons. The Morgan fingerprint density at radius 1 is 1.14 bits per heavy atom. The van der Waals surface area contributed by atoms with E-state index < -0.39 is 14.2 Å². The van der Waals surface area contributed by atoms with E-state index in [0.717, 1.165) is 0 Å². The predicted octanol–water partition coefficient (Wildman–Crippen LogP) is 3.05. The molecule has 0 aliphatic rings. The largest absolute Gasteiger partial charge is 0.380 e. The van der Waals surface area contributed by atoms with E-state index in [1.807, 2.05) is 13.8 Å². The minimum atomic E-state index is -1.53. The van der Waals surface area contributed by atoms with E-state index in [2.05, 4.69) is 45.3 Å². The van der Waals surface area contributed by atoms with Crippen LogP contribution in [0.5, 0.6) is 0 Å². The highest BCUT2D eigenvalue weighted by Gasteiger charge is 2.33. The average molecular weight is 212 g/mol. The molecule has 1 atom stereocenters. The first kappa shape index (κ1) is 13.7. The molecule has 0 saturated heterocycles. The predicted molar refractivity (Wildman–Crippen MR) is 65.8 cm³/mol. The molecule has 2 heteroatoms. The lowest BCUT2D eigenvalue weighted by Crippen LogP contribution is -2.36. The molecule has 1 nitrogen and oxygen atoms in total. The normalized spacial score (nSPS) is 14.9. The van der Waals surface area contributed by atoms with Crippen LogP contribution in [0.2, 0.25) is 18.1 Å². The fourth-order valence-electron chi connectivity index (χ4n) is 0.609. The van der Waals surface area contributed by atoms with Gasteiger partial charge in [0.1, 0.15) is 14.2 Å². The van der Waals surface area contributed by atoms with Crippen LogP contribution in [0.3, 0.4) is 0 Å². The van der Waals surface area contributed by atoms with E-state index in [9.17, 15) is 5.11 Å². The van der Waals surface area contributed by atoms with Crippen LogP contribution in [0.1, 0.15) is 34.6 Å². The van der Waals surface area contributed by atoms with Crippen molar-refractivity contribution < 1.29 is 5.11 Å². The summed E-state index contributed by atoms with van der Waals surface area (Å²) in [5, 5.41) is 9.88. The molecule has 0 unspecified atom stereocenters. The van der Waals surface area contributed by atoms with Crippen molar-refractivity contribution >= 4 is 8.07 Å². The molecular formula is C12H24OSi. The standard InChI is InChI=1S/C12H24OSi/c1-10(2)11(13)8-9-14(6,7)12(3,4)5/h10-11,13H,1-7H3/t11-/m1/s1. The van der Waals surface area contributed by atoms with Crippen molar-refractivity contribution in [3.63, 3.8) is 0 Å². The maximum atomic E-state index is 9.60. The highest BCUT2D eigenvalue weighted by atomic mass is 28.3. The topological polar surface area (TPSA) is 20.2 Å². The van der Waals surface area contributed by atoms with Crippen LogP contribution in [-0.4, -0.2) is 19.3 Å². The molecule has 0 amide bonds. The lowest BCUT2D eigenvalue weighted by atomic mass is 10.1. The first-order valence-corrected chi connectivity index (χ1v) is 8.28. The van der Waals surface area contributed by atoms with Gasteiger partial charge in [0.05, 0.1) is 0 Å². The van der Waals surface area contributed by atoms with Crippen molar-refractivity contribution in [1.29, 1.82) is 0 Å². The summed E-state index contributed by atoms with van der Waals surface area (Å²) in [5.41, 5.74) is 3.32. The van der Waals surface area contributed by atoms with E-state index in [-0.39, 0.29) is 11.0 Å². The summed E-state index contributed by atoms with van der Waals surface area (Å²) in [7, 11) is -1.53. The quantitative estimate of drug-likeness (QED) is 0.523. The third-order valence-corrected chi connectivity index (χ3v) is 7.56. The summed E-state index contributed by atoms with van der Waals surface area (Å²) in [5.74, 6) is 3.23. The van der Waals surface area contributed by atoms with E-state index in [1.54, 1.807) is 0 Å². The summed E-state index contributed by atoms with van der Waals surface area (Å²) in [4.78, 5) is 0. The Kier molecular flexibility index (Phi) is 4.42. The molecule has 14 heavy (non-hydrogen) atoms. The molecule has 0 aromatic carbocycles. The minimum absolute atomic E-state index is 0.229. The van der Waals surface area contributed by atoms with Gasteiger partial charge in [0.25, 0.3) is 0 Å². The zero-order chi connectivity index (χ0) is 11.6. The first-order valence-electron chi connectivity index (χ1n) is 5.28. The van der Waals surface area contributed by atoms with Crippen molar-refractivity contribution in [3.8, 4) is 11.5 Å². The van der Waals surface area contributed by atoms with Crippen LogP contribution < -0.4 is 0 Å². The summed E-state index contributed by atoms with van der Waals surface area (Å²) in [6, 6.07) is 0. The summed E-state index contributed by atoms with van der Waals surface area (Å²) < 4.78 is 0. The second-order valence-corrected chi connectivity index (χ2v) is 10.8. The Morgan fingerprint density at radius 3 is 1.86 bits per heavy atom. The molecular weight excluding hydrogens is 188 g/mol. The smallest absolute Gasteiger partial charge is 0.137 e. The summed E-state index contributed by atoms with van der Waals surface area (Å²) in [6.07, 6.45) is -0.468. The Balaban J connectivity index is 4.65. The molecule has 0 bridgehead atoms. The number of aliphatic hydroxyl groups is 1. The summed E-state index contributed by atoms with van der Waals surface area (Å²) in [6.45, 7) is 15.2. The Hall–Kier alpha value is -0.263. The second-order valence-electron chi connectivity index (χ2n) is 5.83. The molecule has 0 rings (SSSR count). The fraction of sp³-hybridized carbons (Fsp3) is 0.833. The van der Waals surface area contributed by atoms with E-state index in [0.29, 0.717) is 0 Å². The average Bonchev–Trinajstić information content (AvgIpc) is 1.97. The van der Waals surface area contributed by atoms with Crippen molar-refractivity contribution in [3.05, 3.63) is 0 Å². The number of aliphatic hydroxyl groups excluding tert-OH is 1. The number of rotatable bonds is 1. The van der Waals surface area contributed by atoms with Crippen molar-refractivity contribution in [2.45, 2.75) is 58.9 Å². The van der Waals surface area contributed by atoms with Gasteiger partial charge in [0.15, 0.2) is 0 Å². The van der Waals surface area contributed by atoms with Crippen LogP contribution in [0.4, 0.5) is 0 Å². The van der Waals surface area contributed by atoms with Gasteiger partial charge in [-0.05, 0) is 11.0 Å². The monoisotopic (exact) mass is 212 g/mol. The van der Waals surface area contributed by atoms with Gasteiger partial charge in [-0.1, -0.05) is 53.6 Å². The number of hydrogen-bond acceptors (Lipinski definition) is 1. The highest BCUT2D eigenvalue weighted by molar-refractivity contribution is 6.87. The van der Waals surface area contributed by atoms with Crippen LogP contribution in [0.15, 0.2) is 0 Å². The van der Waals surface area contributed by atoms with Gasteiger partial charge in [-0.15, -0.1) is 5.54 Å². The maximum Gasteiger partial charge on any atom is 0.137 e. The molecule has 0 aromatic rings. The Bertz CT molecular complexity index is 237. The zero-order valence-corrected chi connectivity index (χ0v) is 11.6. The Labute approximate surface area is 89.9 Å². The fourth-order valence-corrected chi connectivity index (χ4v) is 1.49. The second kappa shape index (κ2) is 4.50. The van der Waals surface area contributed by atoms with E-state index in [4.69, 9.17) is 0 Å². The van der Waals surface area contributed by atoms with Gasteiger partial charge in [0, 0.05) is 0 Å². The van der Waals surface area contributed by atoms with Gasteiger partial charge in [-0.3, -0.25) is 0 Å². The molecule has 0 saturated carbocycles. The Morgan fingerprint density at radius 2 is 1.57 bits per heavy atom. The lowest BCUT2D eigenvalue weighted by Gasteiger charge is -2.31. The third-order valence-electron chi connectivity index (χ3n) is 3.04. The highest BCUT2D eigenvalue weighted by Crippen LogP contribution is 2.35. The van der Waals surface area contributed by atoms with Crippen LogP contribution in [0.25, 0.3) is 0 Å². The van der Waals surface area contributed by atoms with Crippen molar-refractivity contribution in [1.82, 2.24) is 0 Å². The van der Waals surface area contributed by atoms with Gasteiger partial charge in [-0.25, -0.2) is 0 Å². The zero-order valence-electron chi connectivity index (χ0n) is 10.6. The minimum Gasteiger partial charge on any atom is -0.380 e. The first-order chi connectivity index (χ1) is 6.08. The maximum absolute atomic E-state index is 9.60. The third kappa shape index (κ3) is 3.85. The molecule has 0 aliphatic carbocycles. The van der Waals surface area contributed by atoms with Crippen molar-refractivity contribution in [2.24, 2.45) is 5.92 Å². The molecule has 0 aromatic heterocycles. The molecule has 0 spiro atoms.